The van der Waals surface area contributed by atoms with E-state index in [2.05, 4.69) is 54.5 Å². The van der Waals surface area contributed by atoms with E-state index in [4.69, 9.17) is 4.42 Å². The summed E-state index contributed by atoms with van der Waals surface area (Å²) in [6, 6.07) is 6.34. The SMILES string of the molecule is CCCc1nnc(CNc2c(C)cccc2CC)o1. The fourth-order valence-corrected chi connectivity index (χ4v) is 2.11. The lowest BCUT2D eigenvalue weighted by Crippen LogP contribution is -2.04. The van der Waals surface area contributed by atoms with Crippen LogP contribution in [0.25, 0.3) is 0 Å². The summed E-state index contributed by atoms with van der Waals surface area (Å²) >= 11 is 0. The van der Waals surface area contributed by atoms with E-state index in [0.29, 0.717) is 12.4 Å². The summed E-state index contributed by atoms with van der Waals surface area (Å²) < 4.78 is 5.57. The summed E-state index contributed by atoms with van der Waals surface area (Å²) in [7, 11) is 0. The molecule has 102 valence electrons. The molecule has 0 saturated heterocycles. The molecular weight excluding hydrogens is 238 g/mol. The summed E-state index contributed by atoms with van der Waals surface area (Å²) in [6.07, 6.45) is 2.87. The van der Waals surface area contributed by atoms with Crippen molar-refractivity contribution in [2.75, 3.05) is 5.32 Å². The molecule has 4 nitrogen and oxygen atoms in total. The largest absolute Gasteiger partial charge is 0.423 e. The van der Waals surface area contributed by atoms with Crippen molar-refractivity contribution in [1.82, 2.24) is 10.2 Å². The summed E-state index contributed by atoms with van der Waals surface area (Å²) in [6.45, 7) is 6.95. The number of hydrogen-bond acceptors (Lipinski definition) is 4. The van der Waals surface area contributed by atoms with Gasteiger partial charge in [-0.2, -0.15) is 0 Å². The van der Waals surface area contributed by atoms with Crippen LogP contribution in [-0.4, -0.2) is 10.2 Å². The average molecular weight is 259 g/mol. The maximum atomic E-state index is 5.57. The quantitative estimate of drug-likeness (QED) is 0.862. The molecule has 4 heteroatoms. The number of aryl methyl sites for hydroxylation is 3. The number of nitrogens with zero attached hydrogens (tertiary/aromatic N) is 2. The highest BCUT2D eigenvalue weighted by Crippen LogP contribution is 2.21. The van der Waals surface area contributed by atoms with Crippen molar-refractivity contribution in [2.24, 2.45) is 0 Å². The van der Waals surface area contributed by atoms with E-state index in [1.54, 1.807) is 0 Å². The molecule has 0 aliphatic heterocycles. The van der Waals surface area contributed by atoms with Crippen LogP contribution in [0.15, 0.2) is 22.6 Å². The molecule has 0 fully saturated rings. The van der Waals surface area contributed by atoms with Gasteiger partial charge in [0.1, 0.15) is 0 Å². The molecule has 0 spiro atoms. The minimum Gasteiger partial charge on any atom is -0.423 e. The molecule has 0 aliphatic carbocycles. The van der Waals surface area contributed by atoms with Crippen molar-refractivity contribution in [3.05, 3.63) is 41.1 Å². The molecule has 19 heavy (non-hydrogen) atoms. The molecule has 2 aromatic rings. The summed E-state index contributed by atoms with van der Waals surface area (Å²) in [5.74, 6) is 1.37. The zero-order valence-corrected chi connectivity index (χ0v) is 11.9. The Labute approximate surface area is 114 Å². The van der Waals surface area contributed by atoms with Crippen LogP contribution in [-0.2, 0) is 19.4 Å². The number of anilines is 1. The predicted molar refractivity (Wildman–Crippen MR) is 76.2 cm³/mol. The Balaban J connectivity index is 2.05. The second-order valence-electron chi connectivity index (χ2n) is 4.66. The van der Waals surface area contributed by atoms with Crippen LogP contribution in [0.3, 0.4) is 0 Å². The minimum absolute atomic E-state index is 0.578. The maximum absolute atomic E-state index is 5.57. The summed E-state index contributed by atoms with van der Waals surface area (Å²) in [4.78, 5) is 0. The van der Waals surface area contributed by atoms with Gasteiger partial charge in [0.25, 0.3) is 0 Å². The molecule has 0 bridgehead atoms. The number of aromatic nitrogens is 2. The molecule has 0 unspecified atom stereocenters. The van der Waals surface area contributed by atoms with Crippen LogP contribution in [0.1, 0.15) is 43.2 Å². The van der Waals surface area contributed by atoms with E-state index in [9.17, 15) is 0 Å². The summed E-state index contributed by atoms with van der Waals surface area (Å²) in [5, 5.41) is 11.5. The van der Waals surface area contributed by atoms with E-state index >= 15 is 0 Å². The second kappa shape index (κ2) is 6.36. The third-order valence-corrected chi connectivity index (χ3v) is 3.13. The van der Waals surface area contributed by atoms with Gasteiger partial charge in [-0.05, 0) is 30.9 Å². The first-order valence-corrected chi connectivity index (χ1v) is 6.88. The van der Waals surface area contributed by atoms with E-state index in [1.165, 1.54) is 16.8 Å². The van der Waals surface area contributed by atoms with E-state index in [0.717, 1.165) is 25.2 Å². The Morgan fingerprint density at radius 2 is 1.95 bits per heavy atom. The van der Waals surface area contributed by atoms with Gasteiger partial charge >= 0.3 is 0 Å². The topological polar surface area (TPSA) is 51.0 Å². The van der Waals surface area contributed by atoms with Gasteiger partial charge < -0.3 is 9.73 Å². The van der Waals surface area contributed by atoms with E-state index < -0.39 is 0 Å². The normalized spacial score (nSPS) is 10.7. The number of hydrogen-bond donors (Lipinski definition) is 1. The zero-order chi connectivity index (χ0) is 13.7. The third-order valence-electron chi connectivity index (χ3n) is 3.13. The Morgan fingerprint density at radius 3 is 2.68 bits per heavy atom. The molecule has 1 aromatic carbocycles. The van der Waals surface area contributed by atoms with Crippen LogP contribution in [0, 0.1) is 6.92 Å². The molecule has 0 aliphatic rings. The number of rotatable bonds is 6. The number of nitrogens with one attached hydrogen (secondary N) is 1. The molecule has 2 rings (SSSR count). The van der Waals surface area contributed by atoms with E-state index in [1.807, 2.05) is 0 Å². The van der Waals surface area contributed by atoms with Crippen LogP contribution in [0.4, 0.5) is 5.69 Å². The first-order valence-electron chi connectivity index (χ1n) is 6.88. The standard InChI is InChI=1S/C15H21N3O/c1-4-7-13-17-18-14(19-13)10-16-15-11(3)8-6-9-12(15)5-2/h6,8-9,16H,4-5,7,10H2,1-3H3. The molecule has 1 aromatic heterocycles. The van der Waals surface area contributed by atoms with Crippen LogP contribution >= 0.6 is 0 Å². The fraction of sp³-hybridized carbons (Fsp3) is 0.467. The van der Waals surface area contributed by atoms with E-state index in [-0.39, 0.29) is 0 Å². The lowest BCUT2D eigenvalue weighted by molar-refractivity contribution is 0.453. The van der Waals surface area contributed by atoms with Crippen molar-refractivity contribution in [1.29, 1.82) is 0 Å². The van der Waals surface area contributed by atoms with Crippen LogP contribution in [0.5, 0.6) is 0 Å². The Morgan fingerprint density at radius 1 is 1.16 bits per heavy atom. The highest BCUT2D eigenvalue weighted by atomic mass is 16.4. The smallest absolute Gasteiger partial charge is 0.235 e. The zero-order valence-electron chi connectivity index (χ0n) is 11.9. The molecule has 1 N–H and O–H groups in total. The number of benzene rings is 1. The first kappa shape index (κ1) is 13.6. The first-order chi connectivity index (χ1) is 9.24. The monoisotopic (exact) mass is 259 g/mol. The molecule has 0 amide bonds. The van der Waals surface area contributed by atoms with Gasteiger partial charge in [0.05, 0.1) is 6.54 Å². The second-order valence-corrected chi connectivity index (χ2v) is 4.66. The molecular formula is C15H21N3O. The van der Waals surface area contributed by atoms with Gasteiger partial charge in [-0.15, -0.1) is 10.2 Å². The maximum Gasteiger partial charge on any atom is 0.235 e. The van der Waals surface area contributed by atoms with Gasteiger partial charge in [-0.1, -0.05) is 32.0 Å². The lowest BCUT2D eigenvalue weighted by atomic mass is 10.1. The van der Waals surface area contributed by atoms with Gasteiger partial charge in [-0.3, -0.25) is 0 Å². The number of para-hydroxylation sites is 1. The highest BCUT2D eigenvalue weighted by molar-refractivity contribution is 5.57. The summed E-state index contributed by atoms with van der Waals surface area (Å²) in [5.41, 5.74) is 3.74. The van der Waals surface area contributed by atoms with Crippen molar-refractivity contribution < 1.29 is 4.42 Å². The Hall–Kier alpha value is -1.84. The Kier molecular flexibility index (Phi) is 4.55. The van der Waals surface area contributed by atoms with Crippen LogP contribution < -0.4 is 5.32 Å². The lowest BCUT2D eigenvalue weighted by Gasteiger charge is -2.12. The average Bonchev–Trinajstić information content (AvgIpc) is 2.85. The fourth-order valence-electron chi connectivity index (χ4n) is 2.11. The van der Waals surface area contributed by atoms with Gasteiger partial charge in [0.15, 0.2) is 0 Å². The van der Waals surface area contributed by atoms with Gasteiger partial charge in [0, 0.05) is 12.1 Å². The minimum atomic E-state index is 0.578. The van der Waals surface area contributed by atoms with Gasteiger partial charge in [-0.25, -0.2) is 0 Å². The highest BCUT2D eigenvalue weighted by Gasteiger charge is 2.07. The Bertz CT molecular complexity index is 534. The van der Waals surface area contributed by atoms with Crippen molar-refractivity contribution in [3.8, 4) is 0 Å². The van der Waals surface area contributed by atoms with Crippen molar-refractivity contribution >= 4 is 5.69 Å². The van der Waals surface area contributed by atoms with Gasteiger partial charge in [0.2, 0.25) is 11.8 Å². The predicted octanol–water partition coefficient (Wildman–Crippen LogP) is 3.51. The molecule has 0 atom stereocenters. The molecule has 0 saturated carbocycles. The van der Waals surface area contributed by atoms with Crippen molar-refractivity contribution in [3.63, 3.8) is 0 Å². The van der Waals surface area contributed by atoms with Crippen LogP contribution in [0.2, 0.25) is 0 Å². The molecule has 1 heterocycles. The third kappa shape index (κ3) is 3.34. The molecule has 0 radical (unpaired) electrons. The van der Waals surface area contributed by atoms with Crippen molar-refractivity contribution in [2.45, 2.75) is 46.6 Å².